The van der Waals surface area contributed by atoms with Crippen LogP contribution in [0.2, 0.25) is 0 Å². The lowest BCUT2D eigenvalue weighted by molar-refractivity contribution is -0.302. The number of carbonyl (C=O) groups excluding carboxylic acids is 1. The molecule has 6 N–H and O–H groups in total. The number of unbranched alkanes of at least 4 members (excludes halogenated alkanes) is 38. The van der Waals surface area contributed by atoms with Crippen molar-refractivity contribution in [1.29, 1.82) is 0 Å². The molecule has 1 rings (SSSR count). The van der Waals surface area contributed by atoms with Gasteiger partial charge in [-0.25, -0.2) is 0 Å². The van der Waals surface area contributed by atoms with E-state index in [-0.39, 0.29) is 12.5 Å². The van der Waals surface area contributed by atoms with Gasteiger partial charge in [0.2, 0.25) is 5.91 Å². The maximum Gasteiger partial charge on any atom is 0.220 e. The molecule has 0 radical (unpaired) electrons. The standard InChI is InChI=1S/C63H119NO8/c1-3-5-7-9-11-13-15-17-19-21-22-23-24-25-26-27-28-29-30-31-32-33-34-35-37-38-40-42-44-46-48-50-52-57(66)56(55-71-63-62(70)61(69)60(68)58(54-65)72-63)64-59(67)53-51-49-47-45-43-41-39-36-20-18-16-14-12-10-8-6-4-2/h6,8,12,14,18,20,56-58,60-63,65-66,68-70H,3-5,7,9-11,13,15-17,19,21-55H2,1-2H3,(H,64,67)/b8-6-,14-12-,20-18-. The molecule has 9 heteroatoms. The molecule has 1 saturated heterocycles. The Morgan fingerprint density at radius 3 is 1.28 bits per heavy atom. The van der Waals surface area contributed by atoms with Crippen molar-refractivity contribution >= 4 is 5.91 Å². The largest absolute Gasteiger partial charge is 0.394 e. The molecule has 0 aromatic rings. The molecule has 1 heterocycles. The topological polar surface area (TPSA) is 149 Å². The highest BCUT2D eigenvalue weighted by molar-refractivity contribution is 5.76. The Bertz CT molecular complexity index is 1230. The second-order valence-electron chi connectivity index (χ2n) is 21.8. The number of hydrogen-bond acceptors (Lipinski definition) is 8. The van der Waals surface area contributed by atoms with Crippen molar-refractivity contribution in [3.05, 3.63) is 36.5 Å². The number of allylic oxidation sites excluding steroid dienone is 6. The molecule has 1 amide bonds. The van der Waals surface area contributed by atoms with Crippen molar-refractivity contribution in [2.24, 2.45) is 0 Å². The highest BCUT2D eigenvalue weighted by atomic mass is 16.7. The van der Waals surface area contributed by atoms with E-state index in [9.17, 15) is 30.3 Å². The average molecular weight is 1020 g/mol. The minimum Gasteiger partial charge on any atom is -0.394 e. The van der Waals surface area contributed by atoms with Gasteiger partial charge in [0.25, 0.3) is 0 Å². The van der Waals surface area contributed by atoms with Crippen LogP contribution in [0.5, 0.6) is 0 Å². The highest BCUT2D eigenvalue weighted by Crippen LogP contribution is 2.23. The predicted octanol–water partition coefficient (Wildman–Crippen LogP) is 15.9. The lowest BCUT2D eigenvalue weighted by Crippen LogP contribution is -2.60. The summed E-state index contributed by atoms with van der Waals surface area (Å²) in [6.07, 6.45) is 62.0. The number of aliphatic hydroxyl groups is 5. The average Bonchev–Trinajstić information content (AvgIpc) is 3.38. The zero-order chi connectivity index (χ0) is 52.2. The Kier molecular flexibility index (Phi) is 50.2. The fourth-order valence-electron chi connectivity index (χ4n) is 10.1. The molecule has 1 fully saturated rings. The van der Waals surface area contributed by atoms with Crippen LogP contribution in [0.4, 0.5) is 0 Å². The van der Waals surface area contributed by atoms with Crippen LogP contribution in [-0.2, 0) is 14.3 Å². The van der Waals surface area contributed by atoms with Gasteiger partial charge >= 0.3 is 0 Å². The monoisotopic (exact) mass is 1020 g/mol. The number of aliphatic hydroxyl groups excluding tert-OH is 5. The normalized spacial score (nSPS) is 19.3. The SMILES string of the molecule is CC/C=C\C/C=C\C/C=C\CCCCCCCCCC(=O)NC(COC1OC(CO)C(O)C(O)C1O)C(O)CCCCCCCCCCCCCCCCCCCCCCCCCCCCCCCCCC. The van der Waals surface area contributed by atoms with Crippen LogP contribution in [0.3, 0.4) is 0 Å². The van der Waals surface area contributed by atoms with Crippen molar-refractivity contribution in [3.8, 4) is 0 Å². The van der Waals surface area contributed by atoms with Crippen molar-refractivity contribution in [2.75, 3.05) is 13.2 Å². The molecule has 9 nitrogen and oxygen atoms in total. The van der Waals surface area contributed by atoms with Gasteiger partial charge in [-0.2, -0.15) is 0 Å². The van der Waals surface area contributed by atoms with Gasteiger partial charge < -0.3 is 40.3 Å². The molecule has 1 aliphatic rings. The van der Waals surface area contributed by atoms with E-state index >= 15 is 0 Å². The number of rotatable bonds is 54. The van der Waals surface area contributed by atoms with Crippen LogP contribution in [0, 0.1) is 0 Å². The van der Waals surface area contributed by atoms with E-state index in [1.54, 1.807) is 0 Å². The summed E-state index contributed by atoms with van der Waals surface area (Å²) in [6, 6.07) is -0.726. The van der Waals surface area contributed by atoms with Gasteiger partial charge in [-0.05, 0) is 44.9 Å². The van der Waals surface area contributed by atoms with Crippen LogP contribution >= 0.6 is 0 Å². The predicted molar refractivity (Wildman–Crippen MR) is 304 cm³/mol. The Balaban J connectivity index is 2.12. The van der Waals surface area contributed by atoms with Crippen molar-refractivity contribution in [2.45, 2.75) is 346 Å². The lowest BCUT2D eigenvalue weighted by Gasteiger charge is -2.40. The van der Waals surface area contributed by atoms with Gasteiger partial charge in [0.1, 0.15) is 24.4 Å². The second-order valence-corrected chi connectivity index (χ2v) is 21.8. The molecule has 72 heavy (non-hydrogen) atoms. The molecule has 7 unspecified atom stereocenters. The van der Waals surface area contributed by atoms with Gasteiger partial charge in [-0.1, -0.05) is 288 Å². The number of ether oxygens (including phenoxy) is 2. The maximum atomic E-state index is 13.1. The van der Waals surface area contributed by atoms with E-state index in [0.717, 1.165) is 70.6 Å². The Morgan fingerprint density at radius 2 is 0.861 bits per heavy atom. The first kappa shape index (κ1) is 68.4. The third-order valence-corrected chi connectivity index (χ3v) is 15.0. The number of carbonyl (C=O) groups is 1. The number of hydrogen-bond donors (Lipinski definition) is 6. The molecule has 0 aromatic heterocycles. The van der Waals surface area contributed by atoms with Gasteiger partial charge in [0.15, 0.2) is 6.29 Å². The first-order chi connectivity index (χ1) is 35.3. The van der Waals surface area contributed by atoms with E-state index in [0.29, 0.717) is 12.8 Å². The lowest BCUT2D eigenvalue weighted by atomic mass is 9.99. The van der Waals surface area contributed by atoms with Crippen molar-refractivity contribution in [1.82, 2.24) is 5.32 Å². The van der Waals surface area contributed by atoms with Crippen LogP contribution < -0.4 is 5.32 Å². The number of amides is 1. The summed E-state index contributed by atoms with van der Waals surface area (Å²) in [7, 11) is 0. The molecular weight excluding hydrogens is 899 g/mol. The summed E-state index contributed by atoms with van der Waals surface area (Å²) in [5, 5.41) is 54.7. The first-order valence-electron chi connectivity index (χ1n) is 31.2. The third-order valence-electron chi connectivity index (χ3n) is 15.0. The summed E-state index contributed by atoms with van der Waals surface area (Å²) in [6.45, 7) is 3.75. The molecule has 424 valence electrons. The van der Waals surface area contributed by atoms with Gasteiger partial charge in [-0.3, -0.25) is 4.79 Å². The molecular formula is C63H119NO8. The van der Waals surface area contributed by atoms with Crippen LogP contribution in [0.15, 0.2) is 36.5 Å². The zero-order valence-electron chi connectivity index (χ0n) is 47.2. The fourth-order valence-corrected chi connectivity index (χ4v) is 10.1. The van der Waals surface area contributed by atoms with Crippen LogP contribution in [-0.4, -0.2) is 87.5 Å². The quantitative estimate of drug-likeness (QED) is 0.0261. The van der Waals surface area contributed by atoms with E-state index in [1.165, 1.54) is 205 Å². The summed E-state index contributed by atoms with van der Waals surface area (Å²) in [4.78, 5) is 13.1. The summed E-state index contributed by atoms with van der Waals surface area (Å²) >= 11 is 0. The minimum absolute atomic E-state index is 0.141. The Morgan fingerprint density at radius 1 is 0.486 bits per heavy atom. The van der Waals surface area contributed by atoms with E-state index in [4.69, 9.17) is 9.47 Å². The highest BCUT2D eigenvalue weighted by Gasteiger charge is 2.44. The van der Waals surface area contributed by atoms with Gasteiger partial charge in [0.05, 0.1) is 25.4 Å². The first-order valence-corrected chi connectivity index (χ1v) is 31.2. The molecule has 0 aromatic carbocycles. The van der Waals surface area contributed by atoms with E-state index < -0.39 is 49.5 Å². The van der Waals surface area contributed by atoms with Gasteiger partial charge in [-0.15, -0.1) is 0 Å². The minimum atomic E-state index is -1.56. The van der Waals surface area contributed by atoms with Crippen molar-refractivity contribution < 1.29 is 39.8 Å². The molecule has 0 spiro atoms. The number of nitrogens with one attached hydrogen (secondary N) is 1. The van der Waals surface area contributed by atoms with E-state index in [2.05, 4.69) is 55.6 Å². The summed E-state index contributed by atoms with van der Waals surface area (Å²) in [5.41, 5.74) is 0. The molecule has 7 atom stereocenters. The third kappa shape index (κ3) is 41.6. The zero-order valence-corrected chi connectivity index (χ0v) is 47.2. The fraction of sp³-hybridized carbons (Fsp3) is 0.889. The van der Waals surface area contributed by atoms with Crippen LogP contribution in [0.1, 0.15) is 303 Å². The molecule has 0 aliphatic carbocycles. The maximum absolute atomic E-state index is 13.1. The van der Waals surface area contributed by atoms with Crippen molar-refractivity contribution in [3.63, 3.8) is 0 Å². The van der Waals surface area contributed by atoms with E-state index in [1.807, 2.05) is 0 Å². The molecule has 1 aliphatic heterocycles. The van der Waals surface area contributed by atoms with Crippen LogP contribution in [0.25, 0.3) is 0 Å². The Hall–Kier alpha value is -1.59. The summed E-state index contributed by atoms with van der Waals surface area (Å²) < 4.78 is 11.3. The second kappa shape index (κ2) is 52.8. The molecule has 0 saturated carbocycles. The smallest absolute Gasteiger partial charge is 0.220 e. The summed E-state index contributed by atoms with van der Waals surface area (Å²) in [5.74, 6) is -0.151. The molecule has 0 bridgehead atoms. The Labute approximate surface area is 444 Å². The van der Waals surface area contributed by atoms with Gasteiger partial charge in [0, 0.05) is 6.42 Å².